The van der Waals surface area contributed by atoms with Crippen molar-refractivity contribution >= 4 is 46.5 Å². The van der Waals surface area contributed by atoms with Crippen LogP contribution in [0.3, 0.4) is 0 Å². The Balaban J connectivity index is 1.47. The first-order valence-electron chi connectivity index (χ1n) is 9.63. The van der Waals surface area contributed by atoms with Crippen molar-refractivity contribution in [3.63, 3.8) is 0 Å². The fourth-order valence-electron chi connectivity index (χ4n) is 3.04. The monoisotopic (exact) mass is 486 g/mol. The number of carbonyl (C=O) groups is 3. The molecule has 2 heterocycles. The highest BCUT2D eigenvalue weighted by Gasteiger charge is 2.34. The van der Waals surface area contributed by atoms with E-state index in [1.54, 1.807) is 0 Å². The number of amides is 3. The van der Waals surface area contributed by atoms with Gasteiger partial charge in [-0.25, -0.2) is 0 Å². The first-order valence-corrected chi connectivity index (χ1v) is 11.6. The van der Waals surface area contributed by atoms with Gasteiger partial charge in [-0.2, -0.15) is 13.2 Å². The lowest BCUT2D eigenvalue weighted by Crippen LogP contribution is -2.56. The molecule has 1 saturated heterocycles. The number of halogens is 3. The minimum atomic E-state index is -4.59. The highest BCUT2D eigenvalue weighted by atomic mass is 32.2. The second-order valence-corrected chi connectivity index (χ2v) is 9.10. The summed E-state index contributed by atoms with van der Waals surface area (Å²) in [5.41, 5.74) is -1.91. The maximum Gasteiger partial charge on any atom is 0.418 e. The number of alkyl halides is 3. The Labute approximate surface area is 190 Å². The maximum absolute atomic E-state index is 13.1. The maximum atomic E-state index is 13.1. The number of hydrogen-bond donors (Lipinski definition) is 4. The van der Waals surface area contributed by atoms with Crippen molar-refractivity contribution in [1.82, 2.24) is 16.0 Å². The Morgan fingerprint density at radius 1 is 1.16 bits per heavy atom. The van der Waals surface area contributed by atoms with E-state index >= 15 is 0 Å². The van der Waals surface area contributed by atoms with Crippen molar-refractivity contribution in [3.05, 3.63) is 52.2 Å². The van der Waals surface area contributed by atoms with E-state index in [1.807, 2.05) is 17.5 Å². The Morgan fingerprint density at radius 2 is 1.94 bits per heavy atom. The molecular formula is C20H21F3N4O3S2. The molecule has 0 radical (unpaired) electrons. The van der Waals surface area contributed by atoms with E-state index in [2.05, 4.69) is 21.3 Å². The van der Waals surface area contributed by atoms with E-state index in [0.29, 0.717) is 6.54 Å². The molecule has 172 valence electrons. The van der Waals surface area contributed by atoms with Crippen LogP contribution in [0.5, 0.6) is 0 Å². The average molecular weight is 487 g/mol. The minimum absolute atomic E-state index is 0.0843. The molecule has 2 atom stereocenters. The van der Waals surface area contributed by atoms with Gasteiger partial charge in [0.25, 0.3) is 0 Å². The van der Waals surface area contributed by atoms with E-state index in [0.717, 1.165) is 22.7 Å². The van der Waals surface area contributed by atoms with Gasteiger partial charge >= 0.3 is 6.18 Å². The molecule has 7 nitrogen and oxygen atoms in total. The number of hydrogen-bond acceptors (Lipinski definition) is 6. The molecule has 0 bridgehead atoms. The van der Waals surface area contributed by atoms with Gasteiger partial charge in [-0.3, -0.25) is 19.7 Å². The van der Waals surface area contributed by atoms with E-state index in [-0.39, 0.29) is 36.1 Å². The lowest BCUT2D eigenvalue weighted by Gasteiger charge is -2.30. The summed E-state index contributed by atoms with van der Waals surface area (Å²) in [4.78, 5) is 37.3. The van der Waals surface area contributed by atoms with Crippen LogP contribution in [0.25, 0.3) is 0 Å². The van der Waals surface area contributed by atoms with Crippen LogP contribution in [0.15, 0.2) is 41.8 Å². The number of rotatable bonds is 8. The number of thioether (sulfide) groups is 1. The van der Waals surface area contributed by atoms with Crippen LogP contribution in [0, 0.1) is 0 Å². The van der Waals surface area contributed by atoms with E-state index in [9.17, 15) is 27.6 Å². The van der Waals surface area contributed by atoms with Gasteiger partial charge in [0.2, 0.25) is 17.7 Å². The highest BCUT2D eigenvalue weighted by molar-refractivity contribution is 8.00. The van der Waals surface area contributed by atoms with Crippen LogP contribution in [-0.4, -0.2) is 35.0 Å². The number of benzene rings is 1. The SMILES string of the molecule is O=C(CC1CC(=O)NC(SCC(=O)Nc2ccccc2C(F)(F)F)N1)NCc1cccs1. The molecule has 1 aromatic carbocycles. The van der Waals surface area contributed by atoms with Gasteiger partial charge in [-0.15, -0.1) is 23.1 Å². The third-order valence-corrected chi connectivity index (χ3v) is 6.36. The summed E-state index contributed by atoms with van der Waals surface area (Å²) < 4.78 is 39.2. The third kappa shape index (κ3) is 7.24. The molecular weight excluding hydrogens is 465 g/mol. The molecule has 1 aliphatic heterocycles. The zero-order valence-corrected chi connectivity index (χ0v) is 18.3. The van der Waals surface area contributed by atoms with Crippen molar-refractivity contribution in [3.8, 4) is 0 Å². The van der Waals surface area contributed by atoms with Crippen LogP contribution in [-0.2, 0) is 27.1 Å². The van der Waals surface area contributed by atoms with Gasteiger partial charge in [-0.1, -0.05) is 18.2 Å². The zero-order chi connectivity index (χ0) is 23.1. The summed E-state index contributed by atoms with van der Waals surface area (Å²) in [7, 11) is 0. The number of anilines is 1. The Kier molecular flexibility index (Phi) is 8.15. The molecule has 0 saturated carbocycles. The summed E-state index contributed by atoms with van der Waals surface area (Å²) in [6.07, 6.45) is -4.40. The number of carbonyl (C=O) groups excluding carboxylic acids is 3. The molecule has 0 aliphatic carbocycles. The van der Waals surface area contributed by atoms with Gasteiger partial charge in [0.05, 0.1) is 23.5 Å². The highest BCUT2D eigenvalue weighted by Crippen LogP contribution is 2.34. The van der Waals surface area contributed by atoms with Gasteiger partial charge in [0, 0.05) is 23.8 Å². The summed E-state index contributed by atoms with van der Waals surface area (Å²) in [6, 6.07) is 8.08. The molecule has 0 spiro atoms. The molecule has 1 aromatic heterocycles. The first kappa shape index (κ1) is 24.1. The van der Waals surface area contributed by atoms with E-state index < -0.39 is 29.2 Å². The largest absolute Gasteiger partial charge is 0.418 e. The third-order valence-electron chi connectivity index (χ3n) is 4.47. The van der Waals surface area contributed by atoms with Crippen LogP contribution < -0.4 is 21.3 Å². The van der Waals surface area contributed by atoms with Crippen LogP contribution in [0.4, 0.5) is 18.9 Å². The summed E-state index contributed by atoms with van der Waals surface area (Å²) >= 11 is 2.54. The molecule has 12 heteroatoms. The second kappa shape index (κ2) is 10.8. The Hall–Kier alpha value is -2.57. The Morgan fingerprint density at radius 3 is 2.66 bits per heavy atom. The summed E-state index contributed by atoms with van der Waals surface area (Å²) in [6.45, 7) is 0.410. The van der Waals surface area contributed by atoms with E-state index in [1.165, 1.54) is 29.5 Å². The molecule has 3 amide bonds. The topological polar surface area (TPSA) is 99.3 Å². The van der Waals surface area contributed by atoms with Crippen LogP contribution >= 0.6 is 23.1 Å². The van der Waals surface area contributed by atoms with Crippen molar-refractivity contribution in [2.45, 2.75) is 37.1 Å². The van der Waals surface area contributed by atoms with Crippen LogP contribution in [0.2, 0.25) is 0 Å². The second-order valence-electron chi connectivity index (χ2n) is 6.98. The molecule has 3 rings (SSSR count). The molecule has 4 N–H and O–H groups in total. The smallest absolute Gasteiger partial charge is 0.351 e. The van der Waals surface area contributed by atoms with Crippen molar-refractivity contribution in [1.29, 1.82) is 0 Å². The molecule has 2 aromatic rings. The standard InChI is InChI=1S/C20H21F3N4O3S2/c21-20(22,23)14-5-1-2-6-15(14)26-18(30)11-32-19-25-12(9-17(29)27-19)8-16(28)24-10-13-4-3-7-31-13/h1-7,12,19,25H,8-11H2,(H,24,28)(H,26,30)(H,27,29). The van der Waals surface area contributed by atoms with Crippen molar-refractivity contribution in [2.24, 2.45) is 0 Å². The minimum Gasteiger partial charge on any atom is -0.351 e. The summed E-state index contributed by atoms with van der Waals surface area (Å²) in [5, 5.41) is 12.7. The van der Waals surface area contributed by atoms with Gasteiger partial charge in [0.1, 0.15) is 5.50 Å². The zero-order valence-electron chi connectivity index (χ0n) is 16.7. The van der Waals surface area contributed by atoms with Crippen molar-refractivity contribution < 1.29 is 27.6 Å². The summed E-state index contributed by atoms with van der Waals surface area (Å²) in [5.74, 6) is -1.32. The molecule has 1 fully saturated rings. The number of nitrogens with one attached hydrogen (secondary N) is 4. The average Bonchev–Trinajstić information content (AvgIpc) is 3.24. The fourth-order valence-corrected chi connectivity index (χ4v) is 4.58. The van der Waals surface area contributed by atoms with Gasteiger partial charge in [-0.05, 0) is 23.6 Å². The predicted octanol–water partition coefficient (Wildman–Crippen LogP) is 2.91. The normalized spacial score (nSPS) is 18.7. The number of para-hydroxylation sites is 1. The van der Waals surface area contributed by atoms with E-state index in [4.69, 9.17) is 0 Å². The lowest BCUT2D eigenvalue weighted by atomic mass is 10.1. The quantitative estimate of drug-likeness (QED) is 0.460. The fraction of sp³-hybridized carbons (Fsp3) is 0.350. The van der Waals surface area contributed by atoms with Gasteiger partial charge < -0.3 is 16.0 Å². The Bertz CT molecular complexity index is 954. The van der Waals surface area contributed by atoms with Gasteiger partial charge in [0.15, 0.2) is 0 Å². The van der Waals surface area contributed by atoms with Crippen LogP contribution in [0.1, 0.15) is 23.3 Å². The van der Waals surface area contributed by atoms with Crippen molar-refractivity contribution in [2.75, 3.05) is 11.1 Å². The number of thiophene rings is 1. The first-order chi connectivity index (χ1) is 15.2. The lowest BCUT2D eigenvalue weighted by molar-refractivity contribution is -0.137. The predicted molar refractivity (Wildman–Crippen MR) is 117 cm³/mol. The molecule has 1 aliphatic rings. The molecule has 2 unspecified atom stereocenters. The molecule has 32 heavy (non-hydrogen) atoms.